The van der Waals surface area contributed by atoms with Gasteiger partial charge in [-0.15, -0.1) is 0 Å². The predicted octanol–water partition coefficient (Wildman–Crippen LogP) is 11.0. The number of H-pyrrole nitrogens is 4. The lowest BCUT2D eigenvalue weighted by Gasteiger charge is -2.31. The highest BCUT2D eigenvalue weighted by molar-refractivity contribution is 6.16. The summed E-state index contributed by atoms with van der Waals surface area (Å²) in [6, 6.07) is 22.9. The summed E-state index contributed by atoms with van der Waals surface area (Å²) in [5.74, 6) is 3.89. The highest BCUT2D eigenvalue weighted by Crippen LogP contribution is 2.49. The smallest absolute Gasteiger partial charge is 0.162 e. The van der Waals surface area contributed by atoms with Crippen LogP contribution < -0.4 is 40.9 Å². The molecule has 0 spiro atoms. The fourth-order valence-electron chi connectivity index (χ4n) is 10.8. The van der Waals surface area contributed by atoms with E-state index in [1.54, 1.807) is 83.8 Å². The van der Waals surface area contributed by atoms with Crippen molar-refractivity contribution in [2.75, 3.05) is 37.3 Å². The van der Waals surface area contributed by atoms with E-state index in [1.807, 2.05) is 79.7 Å². The minimum absolute atomic E-state index is 0.367. The van der Waals surface area contributed by atoms with Crippen molar-refractivity contribution in [1.82, 2.24) is 71.5 Å². The fourth-order valence-corrected chi connectivity index (χ4v) is 10.8. The molecule has 2 aliphatic rings. The third-order valence-corrected chi connectivity index (χ3v) is 14.8. The van der Waals surface area contributed by atoms with Gasteiger partial charge in [0.25, 0.3) is 0 Å². The Labute approximate surface area is 478 Å². The highest BCUT2D eigenvalue weighted by Gasteiger charge is 2.42. The molecule has 12 heterocycles. The lowest BCUT2D eigenvalue weighted by Crippen LogP contribution is -2.53. The average molecular weight is 1130 g/mol. The molecular weight excluding hydrogens is 1090 g/mol. The number of aromatic nitrogens is 12. The molecule has 85 heavy (non-hydrogen) atoms. The van der Waals surface area contributed by atoms with E-state index < -0.39 is 5.66 Å². The molecule has 26 heteroatoms. The summed E-state index contributed by atoms with van der Waals surface area (Å²) in [5, 5.41) is 50.6. The number of hydrazone groups is 1. The van der Waals surface area contributed by atoms with Gasteiger partial charge in [0, 0.05) is 56.9 Å². The van der Waals surface area contributed by atoms with Crippen LogP contribution in [-0.2, 0) is 0 Å². The first-order valence-electron chi connectivity index (χ1n) is 26.3. The summed E-state index contributed by atoms with van der Waals surface area (Å²) in [6.45, 7) is 1.98. The van der Waals surface area contributed by atoms with E-state index in [1.165, 1.54) is 12.7 Å². The van der Waals surface area contributed by atoms with Crippen LogP contribution >= 0.6 is 0 Å². The van der Waals surface area contributed by atoms with Gasteiger partial charge in [-0.1, -0.05) is 0 Å². The number of nitrogens with one attached hydrogen (secondary N) is 9. The predicted molar refractivity (Wildman–Crippen MR) is 314 cm³/mol. The van der Waals surface area contributed by atoms with Gasteiger partial charge < -0.3 is 53.1 Å². The highest BCUT2D eigenvalue weighted by atomic mass is 16.5. The molecule has 2 aliphatic heterocycles. The lowest BCUT2D eigenvalue weighted by molar-refractivity contribution is 0.417. The second-order valence-corrected chi connectivity index (χ2v) is 19.7. The van der Waals surface area contributed by atoms with Crippen molar-refractivity contribution in [1.29, 1.82) is 0 Å². The Morgan fingerprint density at radius 3 is 1.96 bits per heavy atom. The Bertz CT molecular complexity index is 4740. The molecule has 0 aliphatic carbocycles. The van der Waals surface area contributed by atoms with Gasteiger partial charge in [0.15, 0.2) is 28.5 Å². The molecular formula is C59H45N19O7. The van der Waals surface area contributed by atoms with Gasteiger partial charge in [-0.3, -0.25) is 25.8 Å². The molecule has 13 aromatic rings. The van der Waals surface area contributed by atoms with Crippen LogP contribution in [0.15, 0.2) is 181 Å². The molecule has 1 unspecified atom stereocenters. The SMILES string of the molecule is COc1ccc(-c2ccco2)cc1Nc1ncnc2[nH]nc(-c3c[nH]nc3-c3cc(-c4ccoc4)cc(Nc4ncnc5[nH]nc(-c6occc6-c6cc(-c7ccoc7)cc(NC7=C8C(c9cn[nH]c9)=NNC8(C)NC=N7)c6OC)c45)c3OC)c12. The monoisotopic (exact) mass is 1130 g/mol. The Morgan fingerprint density at radius 2 is 1.27 bits per heavy atom. The van der Waals surface area contributed by atoms with Crippen molar-refractivity contribution in [3.8, 4) is 95.9 Å². The van der Waals surface area contributed by atoms with Crippen LogP contribution in [0.3, 0.4) is 0 Å². The van der Waals surface area contributed by atoms with Gasteiger partial charge in [0.05, 0.1) is 105 Å². The zero-order valence-corrected chi connectivity index (χ0v) is 45.2. The normalized spacial score (nSPS) is 14.6. The number of benzene rings is 3. The first-order valence-corrected chi connectivity index (χ1v) is 26.3. The second-order valence-electron chi connectivity index (χ2n) is 19.7. The number of hydrogen-bond acceptors (Lipinski definition) is 22. The Balaban J connectivity index is 0.831. The molecule has 0 fully saturated rings. The molecule has 10 aromatic heterocycles. The molecule has 0 bridgehead atoms. The summed E-state index contributed by atoms with van der Waals surface area (Å²) in [5.41, 5.74) is 15.1. The number of aliphatic imine (C=N–C) groups is 1. The maximum absolute atomic E-state index is 6.44. The van der Waals surface area contributed by atoms with E-state index in [9.17, 15) is 0 Å². The van der Waals surface area contributed by atoms with Crippen molar-refractivity contribution in [3.63, 3.8) is 0 Å². The number of aromatic amines is 4. The Morgan fingerprint density at radius 1 is 0.565 bits per heavy atom. The number of fused-ring (bicyclic) bond motifs is 3. The van der Waals surface area contributed by atoms with Crippen LogP contribution in [-0.4, -0.2) is 99.8 Å². The first-order chi connectivity index (χ1) is 41.8. The van der Waals surface area contributed by atoms with Crippen LogP contribution in [0.1, 0.15) is 12.5 Å². The maximum atomic E-state index is 6.44. The fraction of sp³-hybridized carbons (Fsp3) is 0.0847. The zero-order chi connectivity index (χ0) is 57.2. The zero-order valence-electron chi connectivity index (χ0n) is 45.2. The van der Waals surface area contributed by atoms with Crippen LogP contribution in [0.25, 0.3) is 101 Å². The average Bonchev–Trinajstić information content (AvgIpc) is 2.83. The third kappa shape index (κ3) is 8.42. The first kappa shape index (κ1) is 49.8. The molecule has 15 rings (SSSR count). The molecule has 1 atom stereocenters. The molecule has 3 aromatic carbocycles. The summed E-state index contributed by atoms with van der Waals surface area (Å²) in [7, 11) is 4.80. The van der Waals surface area contributed by atoms with E-state index in [2.05, 4.69) is 67.3 Å². The standard InChI is InChI=1S/C59H45N19O7/c1-59-46(47(75-78-59)34-21-66-67-22-34)58(64-28-65-59)71-40-19-32(30-9-13-82-24-30)16-36(51(40)80-3)35-11-15-85-53(35)50-45-55(61-27-63-57(45)77-74-50)70-41-20-33(31-10-14-83-25-31)17-37(52(41)81-4)48-38(23-68-72-48)49-44-54(60-26-62-56(44)76-73-49)69-39-18-29(7-8-43(39)79-2)42-6-5-12-84-42/h5-28,71,78H,1-4H3,(H,64,65)(H,66,67)(H,68,72)(H2,60,62,69,73,76)(H2,61,63,70,74,77). The second kappa shape index (κ2) is 20.1. The number of ether oxygens (including phenoxy) is 3. The topological polar surface area (TPSA) is 331 Å². The van der Waals surface area contributed by atoms with Crippen LogP contribution in [0.4, 0.5) is 28.7 Å². The quantitative estimate of drug-likeness (QED) is 0.0409. The van der Waals surface area contributed by atoms with Gasteiger partial charge in [0.2, 0.25) is 0 Å². The van der Waals surface area contributed by atoms with Crippen molar-refractivity contribution >= 4 is 62.8 Å². The molecule has 418 valence electrons. The minimum Gasteiger partial charge on any atom is -0.495 e. The number of methoxy groups -OCH3 is 3. The summed E-state index contributed by atoms with van der Waals surface area (Å²) >= 11 is 0. The Hall–Kier alpha value is -12.2. The summed E-state index contributed by atoms with van der Waals surface area (Å²) in [4.78, 5) is 23.5. The molecule has 9 N–H and O–H groups in total. The lowest BCUT2D eigenvalue weighted by atomic mass is 9.94. The molecule has 0 saturated heterocycles. The molecule has 0 radical (unpaired) electrons. The van der Waals surface area contributed by atoms with E-state index in [4.69, 9.17) is 62.1 Å². The van der Waals surface area contributed by atoms with Gasteiger partial charge in [-0.05, 0) is 90.8 Å². The largest absolute Gasteiger partial charge is 0.495 e. The van der Waals surface area contributed by atoms with Crippen LogP contribution in [0.2, 0.25) is 0 Å². The number of furan rings is 4. The van der Waals surface area contributed by atoms with E-state index in [0.717, 1.165) is 39.0 Å². The Kier molecular flexibility index (Phi) is 11.8. The van der Waals surface area contributed by atoms with Gasteiger partial charge >= 0.3 is 0 Å². The maximum Gasteiger partial charge on any atom is 0.162 e. The van der Waals surface area contributed by atoms with Crippen molar-refractivity contribution in [2.45, 2.75) is 12.6 Å². The van der Waals surface area contributed by atoms with Gasteiger partial charge in [0.1, 0.15) is 70.2 Å². The van der Waals surface area contributed by atoms with Crippen molar-refractivity contribution in [3.05, 3.63) is 159 Å². The molecule has 26 nitrogen and oxygen atoms in total. The molecule has 0 amide bonds. The van der Waals surface area contributed by atoms with Crippen LogP contribution in [0, 0.1) is 0 Å². The summed E-state index contributed by atoms with van der Waals surface area (Å²) < 4.78 is 41.9. The van der Waals surface area contributed by atoms with Crippen molar-refractivity contribution < 1.29 is 31.9 Å². The van der Waals surface area contributed by atoms with Gasteiger partial charge in [-0.25, -0.2) is 24.9 Å². The van der Waals surface area contributed by atoms with E-state index >= 15 is 0 Å². The number of nitrogens with zero attached hydrogens (tertiary/aromatic N) is 10. The third-order valence-electron chi connectivity index (χ3n) is 14.8. The van der Waals surface area contributed by atoms with E-state index in [0.29, 0.717) is 130 Å². The van der Waals surface area contributed by atoms with Crippen LogP contribution in [0.5, 0.6) is 17.2 Å². The van der Waals surface area contributed by atoms with E-state index in [-0.39, 0.29) is 0 Å². The summed E-state index contributed by atoms with van der Waals surface area (Å²) in [6.07, 6.45) is 19.6. The van der Waals surface area contributed by atoms with Crippen molar-refractivity contribution in [2.24, 2.45) is 10.1 Å². The number of anilines is 5. The number of hydrogen-bond donors (Lipinski definition) is 9. The minimum atomic E-state index is -0.796. The molecule has 0 saturated carbocycles. The van der Waals surface area contributed by atoms with Gasteiger partial charge in [-0.2, -0.15) is 25.5 Å². The number of rotatable bonds is 17.